The Bertz CT molecular complexity index is 1230. The molecule has 0 spiro atoms. The highest BCUT2D eigenvalue weighted by Crippen LogP contribution is 2.33. The molecule has 1 N–H and O–H groups in total. The van der Waals surface area contributed by atoms with Gasteiger partial charge < -0.3 is 14.5 Å². The molecule has 0 fully saturated rings. The molecule has 29 heavy (non-hydrogen) atoms. The highest BCUT2D eigenvalue weighted by Gasteiger charge is 2.17. The molecule has 146 valence electrons. The van der Waals surface area contributed by atoms with Crippen LogP contribution in [0.15, 0.2) is 59.0 Å². The van der Waals surface area contributed by atoms with E-state index >= 15 is 0 Å². The average molecular weight is 427 g/mol. The van der Waals surface area contributed by atoms with Gasteiger partial charge in [0.2, 0.25) is 5.89 Å². The average Bonchev–Trinajstić information content (AvgIpc) is 3.12. The van der Waals surface area contributed by atoms with Crippen LogP contribution >= 0.6 is 23.2 Å². The summed E-state index contributed by atoms with van der Waals surface area (Å²) in [6.45, 7) is 1.88. The van der Waals surface area contributed by atoms with E-state index in [2.05, 4.69) is 10.3 Å². The Morgan fingerprint density at radius 3 is 2.72 bits per heavy atom. The lowest BCUT2D eigenvalue weighted by molar-refractivity contribution is 0.102. The minimum atomic E-state index is -0.289. The van der Waals surface area contributed by atoms with E-state index in [1.165, 1.54) is 0 Å². The maximum absolute atomic E-state index is 12.8. The normalized spacial score (nSPS) is 10.9. The van der Waals surface area contributed by atoms with Crippen molar-refractivity contribution in [1.82, 2.24) is 4.98 Å². The number of carbonyl (C=O) groups is 1. The molecule has 1 amide bonds. The van der Waals surface area contributed by atoms with Crippen molar-refractivity contribution in [3.05, 3.63) is 75.8 Å². The zero-order chi connectivity index (χ0) is 20.5. The highest BCUT2D eigenvalue weighted by molar-refractivity contribution is 6.33. The Labute approximate surface area is 177 Å². The number of ether oxygens (including phenoxy) is 1. The number of hydrogen-bond acceptors (Lipinski definition) is 4. The van der Waals surface area contributed by atoms with Crippen LogP contribution in [0, 0.1) is 6.92 Å². The van der Waals surface area contributed by atoms with E-state index in [4.69, 9.17) is 32.4 Å². The number of nitrogens with one attached hydrogen (secondary N) is 1. The molecule has 0 saturated heterocycles. The number of rotatable bonds is 4. The van der Waals surface area contributed by atoms with Crippen molar-refractivity contribution in [1.29, 1.82) is 0 Å². The largest absolute Gasteiger partial charge is 0.496 e. The number of aryl methyl sites for hydroxylation is 1. The lowest BCUT2D eigenvalue weighted by Gasteiger charge is -2.12. The molecule has 1 heterocycles. The van der Waals surface area contributed by atoms with Crippen LogP contribution in [0.3, 0.4) is 0 Å². The van der Waals surface area contributed by atoms with Crippen molar-refractivity contribution in [2.45, 2.75) is 6.92 Å². The van der Waals surface area contributed by atoms with Crippen LogP contribution in [-0.4, -0.2) is 18.0 Å². The lowest BCUT2D eigenvalue weighted by Crippen LogP contribution is -2.13. The summed E-state index contributed by atoms with van der Waals surface area (Å²) in [6, 6.07) is 15.7. The third-order valence-electron chi connectivity index (χ3n) is 4.46. The Kier molecular flexibility index (Phi) is 5.18. The van der Waals surface area contributed by atoms with Crippen molar-refractivity contribution in [3.63, 3.8) is 0 Å². The van der Waals surface area contributed by atoms with Crippen LogP contribution < -0.4 is 10.1 Å². The summed E-state index contributed by atoms with van der Waals surface area (Å²) >= 11 is 12.4. The van der Waals surface area contributed by atoms with Gasteiger partial charge in [0.05, 0.1) is 23.3 Å². The quantitative estimate of drug-likeness (QED) is 0.411. The van der Waals surface area contributed by atoms with Gasteiger partial charge in [0, 0.05) is 10.7 Å². The van der Waals surface area contributed by atoms with Crippen molar-refractivity contribution in [2.75, 3.05) is 12.4 Å². The molecule has 4 rings (SSSR count). The molecule has 0 aliphatic rings. The summed E-state index contributed by atoms with van der Waals surface area (Å²) in [5.41, 5.74) is 3.66. The zero-order valence-corrected chi connectivity index (χ0v) is 17.1. The number of amides is 1. The Balaban J connectivity index is 1.68. The predicted octanol–water partition coefficient (Wildman–Crippen LogP) is 6.37. The van der Waals surface area contributed by atoms with Gasteiger partial charge in [-0.3, -0.25) is 4.79 Å². The Morgan fingerprint density at radius 1 is 1.10 bits per heavy atom. The monoisotopic (exact) mass is 426 g/mol. The van der Waals surface area contributed by atoms with Gasteiger partial charge in [-0.1, -0.05) is 35.3 Å². The highest BCUT2D eigenvalue weighted by atomic mass is 35.5. The molecule has 0 unspecified atom stereocenters. The van der Waals surface area contributed by atoms with Gasteiger partial charge in [-0.25, -0.2) is 4.98 Å². The molecule has 1 aromatic heterocycles. The van der Waals surface area contributed by atoms with Crippen molar-refractivity contribution in [2.24, 2.45) is 0 Å². The fraction of sp³-hybridized carbons (Fsp3) is 0.0909. The summed E-state index contributed by atoms with van der Waals surface area (Å²) < 4.78 is 11.2. The topological polar surface area (TPSA) is 64.4 Å². The minimum absolute atomic E-state index is 0.289. The Morgan fingerprint density at radius 2 is 1.93 bits per heavy atom. The van der Waals surface area contributed by atoms with Crippen LogP contribution in [0.2, 0.25) is 10.0 Å². The second-order valence-corrected chi connectivity index (χ2v) is 7.28. The SMILES string of the molecule is COc1c(C)cccc1C(=O)Nc1ccc(Cl)c(-c2nc3cc(Cl)ccc3o2)c1. The van der Waals surface area contributed by atoms with Crippen molar-refractivity contribution >= 4 is 45.9 Å². The molecule has 0 aliphatic heterocycles. The number of oxazole rings is 1. The Hall–Kier alpha value is -3.02. The zero-order valence-electron chi connectivity index (χ0n) is 15.6. The first-order valence-corrected chi connectivity index (χ1v) is 9.53. The van der Waals surface area contributed by atoms with Crippen LogP contribution in [0.4, 0.5) is 5.69 Å². The fourth-order valence-electron chi connectivity index (χ4n) is 3.08. The minimum Gasteiger partial charge on any atom is -0.496 e. The van der Waals surface area contributed by atoms with E-state index in [1.54, 1.807) is 49.6 Å². The van der Waals surface area contributed by atoms with E-state index < -0.39 is 0 Å². The van der Waals surface area contributed by atoms with Crippen molar-refractivity contribution < 1.29 is 13.9 Å². The number of benzene rings is 3. The summed E-state index contributed by atoms with van der Waals surface area (Å²) in [5.74, 6) is 0.592. The standard InChI is InChI=1S/C22H16Cl2N2O3/c1-12-4-3-5-15(20(12)28-2)21(27)25-14-7-8-17(24)16(11-14)22-26-18-10-13(23)6-9-19(18)29-22/h3-11H,1-2H3,(H,25,27). The fourth-order valence-corrected chi connectivity index (χ4v) is 3.45. The number of fused-ring (bicyclic) bond motifs is 1. The molecule has 0 saturated carbocycles. The number of hydrogen-bond donors (Lipinski definition) is 1. The molecule has 5 nitrogen and oxygen atoms in total. The number of carbonyl (C=O) groups excluding carboxylic acids is 1. The van der Waals surface area contributed by atoms with E-state index in [0.717, 1.165) is 5.56 Å². The van der Waals surface area contributed by atoms with Crippen molar-refractivity contribution in [3.8, 4) is 17.2 Å². The summed E-state index contributed by atoms with van der Waals surface area (Å²) in [4.78, 5) is 17.2. The van der Waals surface area contributed by atoms with Gasteiger partial charge in [0.15, 0.2) is 5.58 Å². The van der Waals surface area contributed by atoms with E-state index in [0.29, 0.717) is 49.6 Å². The van der Waals surface area contributed by atoms with Gasteiger partial charge in [0.25, 0.3) is 5.91 Å². The lowest BCUT2D eigenvalue weighted by atomic mass is 10.1. The number of halogens is 2. The molecule has 0 aliphatic carbocycles. The summed E-state index contributed by atoms with van der Waals surface area (Å²) in [7, 11) is 1.54. The molecular weight excluding hydrogens is 411 g/mol. The molecule has 0 radical (unpaired) electrons. The second kappa shape index (κ2) is 7.78. The van der Waals surface area contributed by atoms with Gasteiger partial charge in [-0.15, -0.1) is 0 Å². The maximum atomic E-state index is 12.8. The third kappa shape index (κ3) is 3.79. The van der Waals surface area contributed by atoms with Gasteiger partial charge in [0.1, 0.15) is 11.3 Å². The molecule has 3 aromatic carbocycles. The number of para-hydroxylation sites is 1. The van der Waals surface area contributed by atoms with E-state index in [9.17, 15) is 4.79 Å². The van der Waals surface area contributed by atoms with Gasteiger partial charge in [-0.05, 0) is 55.0 Å². The van der Waals surface area contributed by atoms with Crippen LogP contribution in [0.1, 0.15) is 15.9 Å². The first kappa shape index (κ1) is 19.3. The van der Waals surface area contributed by atoms with E-state index in [1.807, 2.05) is 19.1 Å². The summed E-state index contributed by atoms with van der Waals surface area (Å²) in [6.07, 6.45) is 0. The molecule has 7 heteroatoms. The van der Waals surface area contributed by atoms with Crippen LogP contribution in [0.25, 0.3) is 22.6 Å². The van der Waals surface area contributed by atoms with Gasteiger partial charge in [-0.2, -0.15) is 0 Å². The predicted molar refractivity (Wildman–Crippen MR) is 115 cm³/mol. The maximum Gasteiger partial charge on any atom is 0.259 e. The second-order valence-electron chi connectivity index (χ2n) is 6.44. The number of nitrogens with zero attached hydrogens (tertiary/aromatic N) is 1. The number of anilines is 1. The number of aromatic nitrogens is 1. The van der Waals surface area contributed by atoms with Gasteiger partial charge >= 0.3 is 0 Å². The molecule has 0 bridgehead atoms. The smallest absolute Gasteiger partial charge is 0.259 e. The summed E-state index contributed by atoms with van der Waals surface area (Å²) in [5, 5.41) is 3.89. The molecular formula is C22H16Cl2N2O3. The van der Waals surface area contributed by atoms with E-state index in [-0.39, 0.29) is 5.91 Å². The first-order chi connectivity index (χ1) is 14.0. The molecule has 4 aromatic rings. The van der Waals surface area contributed by atoms with Crippen LogP contribution in [0.5, 0.6) is 5.75 Å². The first-order valence-electron chi connectivity index (χ1n) is 8.77. The van der Waals surface area contributed by atoms with Crippen LogP contribution in [-0.2, 0) is 0 Å². The third-order valence-corrected chi connectivity index (χ3v) is 5.03. The molecule has 0 atom stereocenters. The number of methoxy groups -OCH3 is 1.